The molecule has 0 saturated carbocycles. The highest BCUT2D eigenvalue weighted by Crippen LogP contribution is 2.34. The molecular formula is C25H33ClO5. The molecule has 2 rings (SSSR count). The fourth-order valence-corrected chi connectivity index (χ4v) is 3.41. The molecule has 2 aromatic carbocycles. The summed E-state index contributed by atoms with van der Waals surface area (Å²) in [6.07, 6.45) is 0.391. The summed E-state index contributed by atoms with van der Waals surface area (Å²) in [5.41, 5.74) is 3.30. The Kier molecular flexibility index (Phi) is 9.66. The average Bonchev–Trinajstić information content (AvgIpc) is 2.73. The quantitative estimate of drug-likeness (QED) is 0.251. The van der Waals surface area contributed by atoms with Crippen molar-refractivity contribution in [3.8, 4) is 11.5 Å². The van der Waals surface area contributed by atoms with Crippen LogP contribution >= 0.6 is 11.6 Å². The van der Waals surface area contributed by atoms with Crippen LogP contribution in [0.4, 0.5) is 0 Å². The van der Waals surface area contributed by atoms with Gasteiger partial charge >= 0.3 is 5.97 Å². The van der Waals surface area contributed by atoms with E-state index in [-0.39, 0.29) is 24.6 Å². The minimum atomic E-state index is -0.438. The zero-order valence-electron chi connectivity index (χ0n) is 19.1. The maximum atomic E-state index is 11.2. The van der Waals surface area contributed by atoms with Crippen molar-refractivity contribution in [2.45, 2.75) is 45.6 Å². The van der Waals surface area contributed by atoms with Crippen LogP contribution in [0, 0.1) is 6.92 Å². The average molecular weight is 449 g/mol. The zero-order valence-corrected chi connectivity index (χ0v) is 19.8. The highest BCUT2D eigenvalue weighted by molar-refractivity contribution is 6.17. The van der Waals surface area contributed by atoms with Gasteiger partial charge in [0, 0.05) is 25.3 Å². The van der Waals surface area contributed by atoms with Crippen LogP contribution in [0.2, 0.25) is 0 Å². The van der Waals surface area contributed by atoms with Gasteiger partial charge in [-0.15, -0.1) is 11.6 Å². The number of rotatable bonds is 12. The molecule has 0 fully saturated rings. The highest BCUT2D eigenvalue weighted by Gasteiger charge is 2.24. The first-order valence-electron chi connectivity index (χ1n) is 10.5. The van der Waals surface area contributed by atoms with Crippen molar-refractivity contribution in [2.24, 2.45) is 0 Å². The van der Waals surface area contributed by atoms with Crippen molar-refractivity contribution in [3.63, 3.8) is 0 Å². The first-order valence-corrected chi connectivity index (χ1v) is 11.0. The molecule has 170 valence electrons. The Morgan fingerprint density at radius 1 is 1.03 bits per heavy atom. The maximum absolute atomic E-state index is 11.2. The van der Waals surface area contributed by atoms with Crippen molar-refractivity contribution in [1.82, 2.24) is 0 Å². The van der Waals surface area contributed by atoms with Crippen LogP contribution in [0.15, 0.2) is 42.5 Å². The molecule has 0 aromatic heterocycles. The van der Waals surface area contributed by atoms with Crippen molar-refractivity contribution in [1.29, 1.82) is 0 Å². The fourth-order valence-electron chi connectivity index (χ4n) is 3.30. The van der Waals surface area contributed by atoms with Gasteiger partial charge in [0.2, 0.25) is 0 Å². The van der Waals surface area contributed by atoms with E-state index in [1.807, 2.05) is 18.2 Å². The smallest absolute Gasteiger partial charge is 0.303 e. The van der Waals surface area contributed by atoms with E-state index in [1.165, 1.54) is 18.1 Å². The molecule has 0 bridgehead atoms. The zero-order chi connectivity index (χ0) is 22.9. The van der Waals surface area contributed by atoms with E-state index in [4.69, 9.17) is 30.5 Å². The summed E-state index contributed by atoms with van der Waals surface area (Å²) in [4.78, 5) is 11.2. The molecule has 0 radical (unpaired) electrons. The Morgan fingerprint density at radius 3 is 2.29 bits per heavy atom. The molecule has 0 amide bonds. The van der Waals surface area contributed by atoms with Gasteiger partial charge in [0.25, 0.3) is 0 Å². The molecule has 0 aliphatic heterocycles. The molecule has 0 heterocycles. The van der Waals surface area contributed by atoms with Crippen LogP contribution in [-0.4, -0.2) is 44.9 Å². The van der Waals surface area contributed by atoms with E-state index in [9.17, 15) is 4.79 Å². The van der Waals surface area contributed by atoms with E-state index in [0.717, 1.165) is 17.7 Å². The molecular weight excluding hydrogens is 416 g/mol. The molecule has 1 unspecified atom stereocenters. The summed E-state index contributed by atoms with van der Waals surface area (Å²) in [6, 6.07) is 14.3. The van der Waals surface area contributed by atoms with Crippen LogP contribution in [0.3, 0.4) is 0 Å². The Balaban J connectivity index is 2.06. The molecule has 2 aromatic rings. The third-order valence-corrected chi connectivity index (χ3v) is 5.40. The topological polar surface area (TPSA) is 54.0 Å². The van der Waals surface area contributed by atoms with Gasteiger partial charge in [-0.2, -0.15) is 0 Å². The van der Waals surface area contributed by atoms with Gasteiger partial charge in [0.05, 0.1) is 13.2 Å². The fraction of sp³-hybridized carbons (Fsp3) is 0.480. The number of hydrogen-bond donors (Lipinski definition) is 0. The van der Waals surface area contributed by atoms with E-state index in [2.05, 4.69) is 45.0 Å². The lowest BCUT2D eigenvalue weighted by Gasteiger charge is -2.27. The maximum Gasteiger partial charge on any atom is 0.303 e. The minimum Gasteiger partial charge on any atom is -0.493 e. The number of esters is 1. The van der Waals surface area contributed by atoms with Gasteiger partial charge in [0.1, 0.15) is 18.1 Å². The number of carbonyl (C=O) groups is 1. The molecule has 6 heteroatoms. The second kappa shape index (κ2) is 12.0. The molecule has 5 nitrogen and oxygen atoms in total. The first-order chi connectivity index (χ1) is 14.8. The van der Waals surface area contributed by atoms with E-state index >= 15 is 0 Å². The van der Waals surface area contributed by atoms with Gasteiger partial charge in [-0.1, -0.05) is 38.1 Å². The van der Waals surface area contributed by atoms with Gasteiger partial charge < -0.3 is 18.9 Å². The first kappa shape index (κ1) is 25.0. The van der Waals surface area contributed by atoms with Crippen molar-refractivity contribution < 1.29 is 23.7 Å². The molecule has 31 heavy (non-hydrogen) atoms. The standard InChI is InChI=1S/C25H33ClO5/c1-18-15-21(9-12-24(18)29-14-6-13-26)25(3,4)20-7-10-22(11-8-20)30-17-23(16-28-5)31-19(2)27/h7-12,15,23H,6,13-14,16-17H2,1-5H3. The molecule has 0 aliphatic carbocycles. The van der Waals surface area contributed by atoms with E-state index in [1.54, 1.807) is 7.11 Å². The Morgan fingerprint density at radius 2 is 1.71 bits per heavy atom. The summed E-state index contributed by atoms with van der Waals surface area (Å²) in [5.74, 6) is 1.85. The summed E-state index contributed by atoms with van der Waals surface area (Å²) >= 11 is 5.73. The number of hydrogen-bond acceptors (Lipinski definition) is 5. The number of halogens is 1. The molecule has 0 spiro atoms. The predicted octanol–water partition coefficient (Wildman–Crippen LogP) is 5.29. The third-order valence-electron chi connectivity index (χ3n) is 5.13. The second-order valence-corrected chi connectivity index (χ2v) is 8.40. The van der Waals surface area contributed by atoms with Gasteiger partial charge in [-0.25, -0.2) is 0 Å². The third kappa shape index (κ3) is 7.44. The number of benzene rings is 2. The van der Waals surface area contributed by atoms with Crippen LogP contribution in [0.1, 0.15) is 43.9 Å². The second-order valence-electron chi connectivity index (χ2n) is 8.02. The molecule has 0 N–H and O–H groups in total. The Bertz CT molecular complexity index is 832. The van der Waals surface area contributed by atoms with Gasteiger partial charge in [0.15, 0.2) is 6.10 Å². The van der Waals surface area contributed by atoms with E-state index < -0.39 is 6.10 Å². The minimum absolute atomic E-state index is 0.186. The number of ether oxygens (including phenoxy) is 4. The van der Waals surface area contributed by atoms with Gasteiger partial charge in [-0.05, 0) is 48.2 Å². The van der Waals surface area contributed by atoms with Crippen molar-refractivity contribution >= 4 is 17.6 Å². The van der Waals surface area contributed by atoms with Crippen LogP contribution < -0.4 is 9.47 Å². The number of carbonyl (C=O) groups excluding carboxylic acids is 1. The predicted molar refractivity (Wildman–Crippen MR) is 124 cm³/mol. The Hall–Kier alpha value is -2.24. The summed E-state index contributed by atoms with van der Waals surface area (Å²) in [5, 5.41) is 0. The highest BCUT2D eigenvalue weighted by atomic mass is 35.5. The molecule has 1 atom stereocenters. The molecule has 0 aliphatic rings. The largest absolute Gasteiger partial charge is 0.493 e. The van der Waals surface area contributed by atoms with Crippen LogP contribution in [0.5, 0.6) is 11.5 Å². The summed E-state index contributed by atoms with van der Waals surface area (Å²) < 4.78 is 21.9. The SMILES string of the molecule is COCC(COc1ccc(C(C)(C)c2ccc(OCCCCl)c(C)c2)cc1)OC(C)=O. The number of aryl methyl sites for hydroxylation is 1. The van der Waals surface area contributed by atoms with Crippen molar-refractivity contribution in [3.05, 3.63) is 59.2 Å². The summed E-state index contributed by atoms with van der Waals surface area (Å²) in [6.45, 7) is 8.97. The van der Waals surface area contributed by atoms with Crippen LogP contribution in [-0.2, 0) is 19.7 Å². The lowest BCUT2D eigenvalue weighted by atomic mass is 9.77. The summed E-state index contributed by atoms with van der Waals surface area (Å²) in [7, 11) is 1.56. The van der Waals surface area contributed by atoms with E-state index in [0.29, 0.717) is 18.2 Å². The monoisotopic (exact) mass is 448 g/mol. The lowest BCUT2D eigenvalue weighted by Crippen LogP contribution is -2.28. The number of methoxy groups -OCH3 is 1. The van der Waals surface area contributed by atoms with Crippen molar-refractivity contribution in [2.75, 3.05) is 32.8 Å². The van der Waals surface area contributed by atoms with Crippen LogP contribution in [0.25, 0.3) is 0 Å². The normalized spacial score (nSPS) is 12.3. The Labute approximate surface area is 190 Å². The number of alkyl halides is 1. The molecule has 0 saturated heterocycles. The lowest BCUT2D eigenvalue weighted by molar-refractivity contribution is -0.150. The van der Waals surface area contributed by atoms with Gasteiger partial charge in [-0.3, -0.25) is 4.79 Å².